The smallest absolute Gasteiger partial charge is 0.101 e. The van der Waals surface area contributed by atoms with E-state index < -0.39 is 0 Å². The highest BCUT2D eigenvalue weighted by Crippen LogP contribution is 2.10. The topological polar surface area (TPSA) is 35.8 Å². The second-order valence-corrected chi connectivity index (χ2v) is 4.25. The summed E-state index contributed by atoms with van der Waals surface area (Å²) in [6, 6.07) is 9.88. The van der Waals surface area contributed by atoms with Crippen LogP contribution in [0.4, 0.5) is 0 Å². The lowest BCUT2D eigenvalue weighted by Crippen LogP contribution is -2.34. The van der Waals surface area contributed by atoms with E-state index in [4.69, 9.17) is 5.21 Å². The van der Waals surface area contributed by atoms with Crippen LogP contribution in [0.5, 0.6) is 0 Å². The highest BCUT2D eigenvalue weighted by molar-refractivity contribution is 6.01. The van der Waals surface area contributed by atoms with E-state index in [1.54, 1.807) is 0 Å². The van der Waals surface area contributed by atoms with Crippen LogP contribution in [0.25, 0.3) is 0 Å². The van der Waals surface area contributed by atoms with Gasteiger partial charge in [0, 0.05) is 12.1 Å². The van der Waals surface area contributed by atoms with Crippen molar-refractivity contribution in [3.8, 4) is 0 Å². The van der Waals surface area contributed by atoms with Crippen LogP contribution < -0.4 is 0 Å². The van der Waals surface area contributed by atoms with E-state index in [1.807, 2.05) is 30.3 Å². The van der Waals surface area contributed by atoms with E-state index in [0.717, 1.165) is 30.9 Å². The number of oxime groups is 1. The zero-order chi connectivity index (χ0) is 11.2. The molecule has 3 heteroatoms. The molecular weight excluding hydrogens is 200 g/mol. The van der Waals surface area contributed by atoms with Gasteiger partial charge < -0.3 is 5.21 Å². The first-order valence-electron chi connectivity index (χ1n) is 5.89. The molecule has 1 N–H and O–H groups in total. The molecule has 86 valence electrons. The summed E-state index contributed by atoms with van der Waals surface area (Å²) < 4.78 is 0. The molecule has 0 aromatic heterocycles. The van der Waals surface area contributed by atoms with Gasteiger partial charge in [-0.2, -0.15) is 0 Å². The minimum absolute atomic E-state index is 0.751. The van der Waals surface area contributed by atoms with Crippen LogP contribution in [-0.2, 0) is 0 Å². The normalized spacial score (nSPS) is 18.6. The Morgan fingerprint density at radius 2 is 1.81 bits per heavy atom. The van der Waals surface area contributed by atoms with Gasteiger partial charge in [0.25, 0.3) is 0 Å². The summed E-state index contributed by atoms with van der Waals surface area (Å²) in [7, 11) is 0. The maximum absolute atomic E-state index is 9.07. The molecule has 0 spiro atoms. The minimum Gasteiger partial charge on any atom is -0.411 e. The van der Waals surface area contributed by atoms with Crippen molar-refractivity contribution in [2.45, 2.75) is 19.3 Å². The van der Waals surface area contributed by atoms with Crippen LogP contribution in [0.15, 0.2) is 35.5 Å². The molecule has 0 aliphatic carbocycles. The summed E-state index contributed by atoms with van der Waals surface area (Å²) in [5.41, 5.74) is 1.78. The lowest BCUT2D eigenvalue weighted by Gasteiger charge is -2.26. The van der Waals surface area contributed by atoms with E-state index in [9.17, 15) is 0 Å². The molecule has 1 fully saturated rings. The summed E-state index contributed by atoms with van der Waals surface area (Å²) in [6.07, 6.45) is 3.84. The number of hydrogen-bond donors (Lipinski definition) is 1. The highest BCUT2D eigenvalue weighted by Gasteiger charge is 2.13. The molecule has 3 nitrogen and oxygen atoms in total. The molecule has 1 aliphatic heterocycles. The third-order valence-corrected chi connectivity index (χ3v) is 3.05. The van der Waals surface area contributed by atoms with Gasteiger partial charge in [-0.1, -0.05) is 41.9 Å². The Labute approximate surface area is 96.4 Å². The molecule has 1 aromatic carbocycles. The van der Waals surface area contributed by atoms with Crippen molar-refractivity contribution in [3.05, 3.63) is 35.9 Å². The standard InChI is InChI=1S/C13H18N2O/c16-14-13(12-7-3-1-4-8-12)11-15-9-5-2-6-10-15/h1,3-4,7-8,16H,2,5-6,9-11H2/b14-13-. The first-order valence-corrected chi connectivity index (χ1v) is 5.89. The lowest BCUT2D eigenvalue weighted by atomic mass is 10.1. The fourth-order valence-electron chi connectivity index (χ4n) is 2.14. The first-order chi connectivity index (χ1) is 7.90. The maximum Gasteiger partial charge on any atom is 0.101 e. The number of hydrogen-bond acceptors (Lipinski definition) is 3. The van der Waals surface area contributed by atoms with Gasteiger partial charge in [-0.3, -0.25) is 4.90 Å². The van der Waals surface area contributed by atoms with Crippen LogP contribution in [0.2, 0.25) is 0 Å². The highest BCUT2D eigenvalue weighted by atomic mass is 16.4. The second-order valence-electron chi connectivity index (χ2n) is 4.25. The van der Waals surface area contributed by atoms with Crippen LogP contribution in [0.1, 0.15) is 24.8 Å². The van der Waals surface area contributed by atoms with Crippen molar-refractivity contribution in [2.24, 2.45) is 5.16 Å². The molecule has 1 heterocycles. The fourth-order valence-corrected chi connectivity index (χ4v) is 2.14. The summed E-state index contributed by atoms with van der Waals surface area (Å²) in [4.78, 5) is 2.35. The minimum atomic E-state index is 0.751. The Hall–Kier alpha value is -1.35. The number of nitrogens with zero attached hydrogens (tertiary/aromatic N) is 2. The molecule has 16 heavy (non-hydrogen) atoms. The van der Waals surface area contributed by atoms with Gasteiger partial charge in [-0.05, 0) is 25.9 Å². The van der Waals surface area contributed by atoms with Crippen LogP contribution in [0, 0.1) is 0 Å². The van der Waals surface area contributed by atoms with E-state index in [1.165, 1.54) is 19.3 Å². The van der Waals surface area contributed by atoms with Crippen molar-refractivity contribution in [1.82, 2.24) is 4.90 Å². The Morgan fingerprint density at radius 3 is 2.44 bits per heavy atom. The molecule has 0 bridgehead atoms. The Bertz CT molecular complexity index is 342. The van der Waals surface area contributed by atoms with Gasteiger partial charge in [-0.15, -0.1) is 0 Å². The zero-order valence-corrected chi connectivity index (χ0v) is 9.47. The Morgan fingerprint density at radius 1 is 1.12 bits per heavy atom. The summed E-state index contributed by atoms with van der Waals surface area (Å²) in [6.45, 7) is 2.98. The third kappa shape index (κ3) is 2.83. The number of rotatable bonds is 3. The van der Waals surface area contributed by atoms with Gasteiger partial charge >= 0.3 is 0 Å². The molecule has 0 saturated carbocycles. The van der Waals surface area contributed by atoms with E-state index >= 15 is 0 Å². The molecule has 0 unspecified atom stereocenters. The average Bonchev–Trinajstić information content (AvgIpc) is 2.38. The molecule has 1 aliphatic rings. The number of benzene rings is 1. The molecule has 1 aromatic rings. The monoisotopic (exact) mass is 218 g/mol. The number of piperidine rings is 1. The SMILES string of the molecule is O/N=C(/CN1CCCCC1)c1ccccc1. The van der Waals surface area contributed by atoms with Crippen molar-refractivity contribution < 1.29 is 5.21 Å². The van der Waals surface area contributed by atoms with E-state index in [0.29, 0.717) is 0 Å². The summed E-state index contributed by atoms with van der Waals surface area (Å²) in [5, 5.41) is 12.5. The third-order valence-electron chi connectivity index (χ3n) is 3.05. The van der Waals surface area contributed by atoms with Gasteiger partial charge in [0.2, 0.25) is 0 Å². The van der Waals surface area contributed by atoms with Crippen LogP contribution in [0.3, 0.4) is 0 Å². The molecule has 0 amide bonds. The van der Waals surface area contributed by atoms with Crippen LogP contribution >= 0.6 is 0 Å². The first kappa shape index (κ1) is 11.1. The predicted molar refractivity (Wildman–Crippen MR) is 65.1 cm³/mol. The summed E-state index contributed by atoms with van der Waals surface area (Å²) in [5.74, 6) is 0. The predicted octanol–water partition coefficient (Wildman–Crippen LogP) is 2.35. The quantitative estimate of drug-likeness (QED) is 0.480. The summed E-state index contributed by atoms with van der Waals surface area (Å²) >= 11 is 0. The molecule has 0 atom stereocenters. The zero-order valence-electron chi connectivity index (χ0n) is 9.47. The van der Waals surface area contributed by atoms with E-state index in [-0.39, 0.29) is 0 Å². The van der Waals surface area contributed by atoms with Gasteiger partial charge in [-0.25, -0.2) is 0 Å². The second kappa shape index (κ2) is 5.66. The number of likely N-dealkylation sites (tertiary alicyclic amines) is 1. The molecular formula is C13H18N2O. The van der Waals surface area contributed by atoms with Crippen LogP contribution in [-0.4, -0.2) is 35.5 Å². The van der Waals surface area contributed by atoms with Crippen molar-refractivity contribution >= 4 is 5.71 Å². The molecule has 2 rings (SSSR count). The largest absolute Gasteiger partial charge is 0.411 e. The van der Waals surface area contributed by atoms with Crippen molar-refractivity contribution in [3.63, 3.8) is 0 Å². The van der Waals surface area contributed by atoms with Crippen molar-refractivity contribution in [1.29, 1.82) is 0 Å². The van der Waals surface area contributed by atoms with E-state index in [2.05, 4.69) is 10.1 Å². The molecule has 1 saturated heterocycles. The van der Waals surface area contributed by atoms with Gasteiger partial charge in [0.1, 0.15) is 5.71 Å². The maximum atomic E-state index is 9.07. The Kier molecular flexibility index (Phi) is 3.94. The Balaban J connectivity index is 2.01. The van der Waals surface area contributed by atoms with Crippen molar-refractivity contribution in [2.75, 3.05) is 19.6 Å². The van der Waals surface area contributed by atoms with Gasteiger partial charge in [0.15, 0.2) is 0 Å². The molecule has 0 radical (unpaired) electrons. The lowest BCUT2D eigenvalue weighted by molar-refractivity contribution is 0.253. The average molecular weight is 218 g/mol. The fraction of sp³-hybridized carbons (Fsp3) is 0.462. The van der Waals surface area contributed by atoms with Gasteiger partial charge in [0.05, 0.1) is 0 Å².